The number of alkyl carbamates (subject to hydrolysis) is 1. The average Bonchev–Trinajstić information content (AvgIpc) is 2.33. The van der Waals surface area contributed by atoms with E-state index in [9.17, 15) is 14.4 Å². The Balaban J connectivity index is 4.88. The molecule has 0 aromatic heterocycles. The molecule has 1 N–H and O–H groups in total. The van der Waals surface area contributed by atoms with Crippen LogP contribution < -0.4 is 5.32 Å². The summed E-state index contributed by atoms with van der Waals surface area (Å²) in [5.41, 5.74) is -1.48. The van der Waals surface area contributed by atoms with Crippen molar-refractivity contribution in [2.24, 2.45) is 0 Å². The zero-order valence-electron chi connectivity index (χ0n) is 15.1. The molecule has 0 aliphatic heterocycles. The second-order valence-corrected chi connectivity index (χ2v) is 7.06. The predicted octanol–water partition coefficient (Wildman–Crippen LogP) is 2.07. The number of nitrogens with zero attached hydrogens (tertiary/aromatic N) is 1. The summed E-state index contributed by atoms with van der Waals surface area (Å²) < 4.78 is 15.1. The van der Waals surface area contributed by atoms with Crippen LogP contribution in [0.3, 0.4) is 0 Å². The standard InChI is InChI=1S/C16H26N2O6/c1-15(2,3)23-12(19)10-11(13(20)22-9-7-8-17)18-14(21)24-16(4,5)6/h11H,7,9-10H2,1-6H3,(H,18,21)/t11-/m0/s1. The van der Waals surface area contributed by atoms with Gasteiger partial charge in [0.05, 0.1) is 18.9 Å². The highest BCUT2D eigenvalue weighted by molar-refractivity contribution is 5.86. The van der Waals surface area contributed by atoms with Gasteiger partial charge in [-0.2, -0.15) is 5.26 Å². The van der Waals surface area contributed by atoms with Crippen LogP contribution in [0, 0.1) is 11.3 Å². The summed E-state index contributed by atoms with van der Waals surface area (Å²) in [6.07, 6.45) is -1.24. The van der Waals surface area contributed by atoms with E-state index in [1.54, 1.807) is 41.5 Å². The lowest BCUT2D eigenvalue weighted by atomic mass is 10.1. The lowest BCUT2D eigenvalue weighted by molar-refractivity contribution is -0.159. The molecule has 0 bridgehead atoms. The minimum absolute atomic E-state index is 0.0112. The largest absolute Gasteiger partial charge is 0.463 e. The Morgan fingerprint density at radius 1 is 1.04 bits per heavy atom. The molecule has 0 aliphatic rings. The Morgan fingerprint density at radius 2 is 1.58 bits per heavy atom. The fraction of sp³-hybridized carbons (Fsp3) is 0.750. The highest BCUT2D eigenvalue weighted by atomic mass is 16.6. The molecule has 0 fully saturated rings. The molecule has 0 spiro atoms. The molecule has 1 atom stereocenters. The van der Waals surface area contributed by atoms with Gasteiger partial charge in [-0.05, 0) is 41.5 Å². The van der Waals surface area contributed by atoms with E-state index in [1.165, 1.54) is 0 Å². The minimum atomic E-state index is -1.26. The molecule has 0 aliphatic carbocycles. The summed E-state index contributed by atoms with van der Waals surface area (Å²) >= 11 is 0. The van der Waals surface area contributed by atoms with Gasteiger partial charge >= 0.3 is 18.0 Å². The number of carbonyl (C=O) groups is 3. The molecular formula is C16H26N2O6. The molecule has 0 rings (SSSR count). The smallest absolute Gasteiger partial charge is 0.408 e. The van der Waals surface area contributed by atoms with Gasteiger partial charge in [-0.15, -0.1) is 0 Å². The third-order valence-electron chi connectivity index (χ3n) is 2.22. The molecule has 24 heavy (non-hydrogen) atoms. The van der Waals surface area contributed by atoms with Crippen LogP contribution in [0.1, 0.15) is 54.4 Å². The van der Waals surface area contributed by atoms with Crippen LogP contribution in [0.15, 0.2) is 0 Å². The van der Waals surface area contributed by atoms with Crippen LogP contribution in [0.5, 0.6) is 0 Å². The Labute approximate surface area is 142 Å². The zero-order valence-corrected chi connectivity index (χ0v) is 15.1. The van der Waals surface area contributed by atoms with Crippen molar-refractivity contribution < 1.29 is 28.6 Å². The van der Waals surface area contributed by atoms with Crippen molar-refractivity contribution >= 4 is 18.0 Å². The highest BCUT2D eigenvalue weighted by Crippen LogP contribution is 2.11. The number of amides is 1. The molecule has 136 valence electrons. The number of nitriles is 1. The van der Waals surface area contributed by atoms with Crippen LogP contribution in [0.4, 0.5) is 4.79 Å². The third-order valence-corrected chi connectivity index (χ3v) is 2.22. The first-order chi connectivity index (χ1) is 10.8. The van der Waals surface area contributed by atoms with Crippen LogP contribution in [-0.4, -0.2) is 41.9 Å². The lowest BCUT2D eigenvalue weighted by Crippen LogP contribution is -2.46. The van der Waals surface area contributed by atoms with Crippen LogP contribution in [-0.2, 0) is 23.8 Å². The summed E-state index contributed by atoms with van der Waals surface area (Å²) in [6.45, 7) is 9.93. The van der Waals surface area contributed by atoms with E-state index < -0.39 is 41.7 Å². The van der Waals surface area contributed by atoms with E-state index in [2.05, 4.69) is 5.32 Å². The van der Waals surface area contributed by atoms with Crippen LogP contribution in [0.25, 0.3) is 0 Å². The van der Waals surface area contributed by atoms with Gasteiger partial charge in [-0.3, -0.25) is 4.79 Å². The van der Waals surface area contributed by atoms with Crippen LogP contribution in [0.2, 0.25) is 0 Å². The highest BCUT2D eigenvalue weighted by Gasteiger charge is 2.29. The van der Waals surface area contributed by atoms with Crippen molar-refractivity contribution in [1.82, 2.24) is 5.32 Å². The molecule has 0 radical (unpaired) electrons. The molecule has 0 heterocycles. The van der Waals surface area contributed by atoms with Gasteiger partial charge in [-0.25, -0.2) is 9.59 Å². The van der Waals surface area contributed by atoms with Gasteiger partial charge in [0, 0.05) is 0 Å². The zero-order chi connectivity index (χ0) is 19.0. The monoisotopic (exact) mass is 342 g/mol. The molecule has 0 saturated carbocycles. The fourth-order valence-corrected chi connectivity index (χ4v) is 1.49. The quantitative estimate of drug-likeness (QED) is 0.446. The van der Waals surface area contributed by atoms with Gasteiger partial charge in [-0.1, -0.05) is 0 Å². The first-order valence-electron chi connectivity index (χ1n) is 7.59. The van der Waals surface area contributed by atoms with Gasteiger partial charge < -0.3 is 19.5 Å². The summed E-state index contributed by atoms with van der Waals surface area (Å²) in [5, 5.41) is 10.8. The van der Waals surface area contributed by atoms with E-state index in [-0.39, 0.29) is 13.0 Å². The topological polar surface area (TPSA) is 115 Å². The summed E-state index contributed by atoms with van der Waals surface area (Å²) in [5.74, 6) is -1.50. The SMILES string of the molecule is CC(C)(C)OC(=O)C[C@H](NC(=O)OC(C)(C)C)C(=O)OCCC#N. The average molecular weight is 342 g/mol. The van der Waals surface area contributed by atoms with Gasteiger partial charge in [0.25, 0.3) is 0 Å². The van der Waals surface area contributed by atoms with Crippen LogP contribution >= 0.6 is 0 Å². The van der Waals surface area contributed by atoms with Crippen molar-refractivity contribution in [2.75, 3.05) is 6.61 Å². The first-order valence-corrected chi connectivity index (χ1v) is 7.59. The van der Waals surface area contributed by atoms with Crippen molar-refractivity contribution in [3.8, 4) is 6.07 Å². The van der Waals surface area contributed by atoms with Crippen molar-refractivity contribution in [1.29, 1.82) is 5.26 Å². The first kappa shape index (κ1) is 21.7. The number of rotatable bonds is 6. The molecule has 0 aromatic carbocycles. The molecule has 8 nitrogen and oxygen atoms in total. The normalized spacial score (nSPS) is 12.5. The Hall–Kier alpha value is -2.30. The summed E-state index contributed by atoms with van der Waals surface area (Å²) in [7, 11) is 0. The summed E-state index contributed by atoms with van der Waals surface area (Å²) in [6, 6.07) is 0.569. The minimum Gasteiger partial charge on any atom is -0.463 e. The Kier molecular flexibility index (Phi) is 8.23. The molecule has 0 unspecified atom stereocenters. The number of carbonyl (C=O) groups excluding carboxylic acids is 3. The van der Waals surface area contributed by atoms with Crippen molar-refractivity contribution in [3.63, 3.8) is 0 Å². The fourth-order valence-electron chi connectivity index (χ4n) is 1.49. The van der Waals surface area contributed by atoms with Crippen molar-refractivity contribution in [3.05, 3.63) is 0 Å². The molecule has 0 aromatic rings. The lowest BCUT2D eigenvalue weighted by Gasteiger charge is -2.24. The maximum Gasteiger partial charge on any atom is 0.408 e. The van der Waals surface area contributed by atoms with E-state index in [0.29, 0.717) is 0 Å². The maximum atomic E-state index is 12.0. The van der Waals surface area contributed by atoms with E-state index >= 15 is 0 Å². The maximum absolute atomic E-state index is 12.0. The van der Waals surface area contributed by atoms with Crippen molar-refractivity contribution in [2.45, 2.75) is 71.6 Å². The van der Waals surface area contributed by atoms with E-state index in [1.807, 2.05) is 6.07 Å². The second kappa shape index (κ2) is 9.11. The third kappa shape index (κ3) is 11.3. The van der Waals surface area contributed by atoms with E-state index in [0.717, 1.165) is 0 Å². The Morgan fingerprint density at radius 3 is 2.04 bits per heavy atom. The molecule has 1 amide bonds. The molecular weight excluding hydrogens is 316 g/mol. The Bertz CT molecular complexity index is 466. The second-order valence-electron chi connectivity index (χ2n) is 7.06. The number of esters is 2. The van der Waals surface area contributed by atoms with Gasteiger partial charge in [0.15, 0.2) is 0 Å². The molecule has 0 saturated heterocycles. The van der Waals surface area contributed by atoms with Gasteiger partial charge in [0.1, 0.15) is 23.9 Å². The number of nitrogens with one attached hydrogen (secondary N) is 1. The van der Waals surface area contributed by atoms with Gasteiger partial charge in [0.2, 0.25) is 0 Å². The van der Waals surface area contributed by atoms with E-state index in [4.69, 9.17) is 19.5 Å². The predicted molar refractivity (Wildman–Crippen MR) is 84.8 cm³/mol. The number of hydrogen-bond acceptors (Lipinski definition) is 7. The molecule has 8 heteroatoms. The summed E-state index contributed by atoms with van der Waals surface area (Å²) in [4.78, 5) is 35.7. The number of ether oxygens (including phenoxy) is 3. The number of hydrogen-bond donors (Lipinski definition) is 1.